The van der Waals surface area contributed by atoms with Crippen LogP contribution >= 0.6 is 11.6 Å². The second-order valence-electron chi connectivity index (χ2n) is 2.68. The molecule has 0 radical (unpaired) electrons. The van der Waals surface area contributed by atoms with Gasteiger partial charge in [0.25, 0.3) is 0 Å². The van der Waals surface area contributed by atoms with Crippen molar-refractivity contribution in [3.63, 3.8) is 0 Å². The van der Waals surface area contributed by atoms with E-state index in [2.05, 4.69) is 9.97 Å². The van der Waals surface area contributed by atoms with Crippen LogP contribution in [0.1, 0.15) is 0 Å². The first-order valence-electron chi connectivity index (χ1n) is 3.86. The Balaban J connectivity index is 2.73. The summed E-state index contributed by atoms with van der Waals surface area (Å²) in [6.07, 6.45) is 1.52. The van der Waals surface area contributed by atoms with Crippen LogP contribution in [0.2, 0.25) is 5.28 Å². The highest BCUT2D eigenvalue weighted by molar-refractivity contribution is 6.28. The van der Waals surface area contributed by atoms with Crippen LogP contribution in [0, 0.1) is 5.82 Å². The molecule has 14 heavy (non-hydrogen) atoms. The Hall–Kier alpha value is -1.42. The highest BCUT2D eigenvalue weighted by Gasteiger charge is 2.06. The van der Waals surface area contributed by atoms with E-state index in [4.69, 9.17) is 16.3 Å². The second kappa shape index (κ2) is 3.38. The highest BCUT2D eigenvalue weighted by Crippen LogP contribution is 2.23. The summed E-state index contributed by atoms with van der Waals surface area (Å²) in [4.78, 5) is 7.66. The van der Waals surface area contributed by atoms with Crippen LogP contribution in [-0.4, -0.2) is 17.1 Å². The zero-order chi connectivity index (χ0) is 10.1. The van der Waals surface area contributed by atoms with Crippen molar-refractivity contribution in [2.24, 2.45) is 0 Å². The summed E-state index contributed by atoms with van der Waals surface area (Å²) in [7, 11) is 1.40. The smallest absolute Gasteiger partial charge is 0.222 e. The zero-order valence-electron chi connectivity index (χ0n) is 7.29. The van der Waals surface area contributed by atoms with E-state index >= 15 is 0 Å². The molecule has 0 spiro atoms. The van der Waals surface area contributed by atoms with E-state index in [1.165, 1.54) is 25.4 Å². The fourth-order valence-corrected chi connectivity index (χ4v) is 1.31. The first kappa shape index (κ1) is 9.15. The molecule has 0 N–H and O–H groups in total. The summed E-state index contributed by atoms with van der Waals surface area (Å²) < 4.78 is 18.0. The lowest BCUT2D eigenvalue weighted by Crippen LogP contribution is -1.90. The van der Waals surface area contributed by atoms with E-state index in [1.807, 2.05) is 0 Å². The molecule has 1 aromatic heterocycles. The Morgan fingerprint density at radius 1 is 1.43 bits per heavy atom. The van der Waals surface area contributed by atoms with Gasteiger partial charge in [0, 0.05) is 17.6 Å². The van der Waals surface area contributed by atoms with Crippen molar-refractivity contribution in [2.45, 2.75) is 0 Å². The van der Waals surface area contributed by atoms with E-state index in [0.29, 0.717) is 10.9 Å². The Labute approximate surface area is 84.5 Å². The Kier molecular flexibility index (Phi) is 2.21. The van der Waals surface area contributed by atoms with Gasteiger partial charge in [0.1, 0.15) is 0 Å². The Bertz CT molecular complexity index is 489. The lowest BCUT2D eigenvalue weighted by Gasteiger charge is -2.03. The number of halogens is 2. The van der Waals surface area contributed by atoms with Crippen LogP contribution in [-0.2, 0) is 0 Å². The van der Waals surface area contributed by atoms with Gasteiger partial charge in [-0.1, -0.05) is 0 Å². The van der Waals surface area contributed by atoms with Gasteiger partial charge in [0.2, 0.25) is 5.28 Å². The van der Waals surface area contributed by atoms with Crippen LogP contribution in [0.15, 0.2) is 18.3 Å². The fraction of sp³-hybridized carbons (Fsp3) is 0.111. The minimum atomic E-state index is -0.463. The minimum Gasteiger partial charge on any atom is -0.494 e. The lowest BCUT2D eigenvalue weighted by molar-refractivity contribution is 0.387. The number of aromatic nitrogens is 2. The Morgan fingerprint density at radius 3 is 2.93 bits per heavy atom. The van der Waals surface area contributed by atoms with Crippen LogP contribution in [0.4, 0.5) is 4.39 Å². The summed E-state index contributed by atoms with van der Waals surface area (Å²) in [5.41, 5.74) is 0.461. The van der Waals surface area contributed by atoms with E-state index in [1.54, 1.807) is 0 Å². The molecule has 0 aliphatic carbocycles. The molecule has 0 aliphatic rings. The number of ether oxygens (including phenoxy) is 1. The molecule has 0 saturated heterocycles. The van der Waals surface area contributed by atoms with Crippen molar-refractivity contribution in [3.05, 3.63) is 29.4 Å². The number of hydrogen-bond donors (Lipinski definition) is 0. The summed E-state index contributed by atoms with van der Waals surface area (Å²) in [5.74, 6) is -0.293. The average molecular weight is 213 g/mol. The SMILES string of the molecule is COc1cc2cnc(Cl)nc2cc1F. The van der Waals surface area contributed by atoms with Gasteiger partial charge in [-0.05, 0) is 17.7 Å². The maximum atomic E-state index is 13.2. The fourth-order valence-electron chi connectivity index (χ4n) is 1.17. The molecule has 0 atom stereocenters. The van der Waals surface area contributed by atoms with Crippen molar-refractivity contribution < 1.29 is 9.13 Å². The maximum Gasteiger partial charge on any atom is 0.222 e. The summed E-state index contributed by atoms with van der Waals surface area (Å²) >= 11 is 5.57. The number of benzene rings is 1. The summed E-state index contributed by atoms with van der Waals surface area (Å²) in [5, 5.41) is 0.787. The molecule has 1 aromatic carbocycles. The number of rotatable bonds is 1. The number of fused-ring (bicyclic) bond motifs is 1. The molecule has 2 rings (SSSR count). The van der Waals surface area contributed by atoms with Crippen LogP contribution < -0.4 is 4.74 Å². The van der Waals surface area contributed by atoms with Crippen molar-refractivity contribution >= 4 is 22.5 Å². The molecule has 2 aromatic rings. The largest absolute Gasteiger partial charge is 0.494 e. The van der Waals surface area contributed by atoms with Gasteiger partial charge in [0.15, 0.2) is 11.6 Å². The molecular weight excluding hydrogens is 207 g/mol. The molecule has 0 fully saturated rings. The highest BCUT2D eigenvalue weighted by atomic mass is 35.5. The number of methoxy groups -OCH3 is 1. The second-order valence-corrected chi connectivity index (χ2v) is 3.02. The topological polar surface area (TPSA) is 35.0 Å². The van der Waals surface area contributed by atoms with Gasteiger partial charge in [0.05, 0.1) is 12.6 Å². The van der Waals surface area contributed by atoms with Crippen molar-refractivity contribution in [3.8, 4) is 5.75 Å². The number of hydrogen-bond acceptors (Lipinski definition) is 3. The van der Waals surface area contributed by atoms with Crippen molar-refractivity contribution in [1.29, 1.82) is 0 Å². The van der Waals surface area contributed by atoms with Gasteiger partial charge < -0.3 is 4.74 Å². The zero-order valence-corrected chi connectivity index (χ0v) is 8.05. The molecule has 1 heterocycles. The minimum absolute atomic E-state index is 0.0991. The third-order valence-corrected chi connectivity index (χ3v) is 2.01. The molecule has 3 nitrogen and oxygen atoms in total. The standard InChI is InChI=1S/C9H6ClFN2O/c1-14-8-2-5-4-12-9(10)13-7(5)3-6(8)11/h2-4H,1H3. The predicted molar refractivity (Wildman–Crippen MR) is 51.1 cm³/mol. The monoisotopic (exact) mass is 212 g/mol. The molecule has 0 aliphatic heterocycles. The average Bonchev–Trinajstić information content (AvgIpc) is 2.16. The van der Waals surface area contributed by atoms with Crippen molar-refractivity contribution in [2.75, 3.05) is 7.11 Å². The number of nitrogens with zero attached hydrogens (tertiary/aromatic N) is 2. The van der Waals surface area contributed by atoms with Gasteiger partial charge in [-0.25, -0.2) is 14.4 Å². The molecule has 0 saturated carbocycles. The third kappa shape index (κ3) is 1.48. The van der Waals surface area contributed by atoms with E-state index < -0.39 is 5.82 Å². The Morgan fingerprint density at radius 2 is 2.21 bits per heavy atom. The van der Waals surface area contributed by atoms with E-state index in [0.717, 1.165) is 0 Å². The molecule has 0 unspecified atom stereocenters. The summed E-state index contributed by atoms with van der Waals surface area (Å²) in [6, 6.07) is 2.79. The molecular formula is C9H6ClFN2O. The molecule has 0 bridgehead atoms. The van der Waals surface area contributed by atoms with Gasteiger partial charge in [-0.3, -0.25) is 0 Å². The predicted octanol–water partition coefficient (Wildman–Crippen LogP) is 2.43. The molecule has 0 amide bonds. The third-order valence-electron chi connectivity index (χ3n) is 1.82. The van der Waals surface area contributed by atoms with Crippen LogP contribution in [0.3, 0.4) is 0 Å². The normalized spacial score (nSPS) is 10.5. The molecule has 72 valence electrons. The maximum absolute atomic E-state index is 13.2. The van der Waals surface area contributed by atoms with Crippen LogP contribution in [0.5, 0.6) is 5.75 Å². The van der Waals surface area contributed by atoms with E-state index in [-0.39, 0.29) is 11.0 Å². The van der Waals surface area contributed by atoms with Crippen LogP contribution in [0.25, 0.3) is 10.9 Å². The quantitative estimate of drug-likeness (QED) is 0.681. The van der Waals surface area contributed by atoms with Crippen molar-refractivity contribution in [1.82, 2.24) is 9.97 Å². The first-order chi connectivity index (χ1) is 6.70. The van der Waals surface area contributed by atoms with Gasteiger partial charge in [-0.2, -0.15) is 0 Å². The van der Waals surface area contributed by atoms with Gasteiger partial charge in [-0.15, -0.1) is 0 Å². The van der Waals surface area contributed by atoms with Gasteiger partial charge >= 0.3 is 0 Å². The molecule has 5 heteroatoms. The lowest BCUT2D eigenvalue weighted by atomic mass is 10.2. The van der Waals surface area contributed by atoms with E-state index in [9.17, 15) is 4.39 Å². The summed E-state index contributed by atoms with van der Waals surface area (Å²) in [6.45, 7) is 0. The first-order valence-corrected chi connectivity index (χ1v) is 4.24.